The van der Waals surface area contributed by atoms with E-state index in [9.17, 15) is 9.90 Å². The van der Waals surface area contributed by atoms with Gasteiger partial charge >= 0.3 is 0 Å². The molecule has 29 heavy (non-hydrogen) atoms. The van der Waals surface area contributed by atoms with Crippen LogP contribution in [0.2, 0.25) is 0 Å². The molecular weight excluding hydrogens is 364 g/mol. The lowest BCUT2D eigenvalue weighted by Gasteiger charge is -2.27. The standard InChI is InChI=1S/C24H32N2O3/c1-16-8-10-18(11-9-16)29-15-21(27)26-25-14-17-12-19(23(2,3)4)22(28)20(13-17)24(5,6)7/h8-14,28H,15H2,1-7H3,(H,26,27). The van der Waals surface area contributed by atoms with E-state index >= 15 is 0 Å². The highest BCUT2D eigenvalue weighted by molar-refractivity contribution is 5.84. The summed E-state index contributed by atoms with van der Waals surface area (Å²) in [6.07, 6.45) is 1.59. The van der Waals surface area contributed by atoms with Crippen molar-refractivity contribution in [3.05, 3.63) is 58.7 Å². The Labute approximate surface area is 173 Å². The average Bonchev–Trinajstić information content (AvgIpc) is 2.60. The molecule has 1 amide bonds. The number of hydrazone groups is 1. The number of carbonyl (C=O) groups excluding carboxylic acids is 1. The summed E-state index contributed by atoms with van der Waals surface area (Å²) in [5.41, 5.74) is 5.68. The summed E-state index contributed by atoms with van der Waals surface area (Å²) in [6.45, 7) is 14.2. The fourth-order valence-electron chi connectivity index (χ4n) is 2.87. The molecule has 0 aliphatic carbocycles. The third-order valence-electron chi connectivity index (χ3n) is 4.54. The Kier molecular flexibility index (Phi) is 6.73. The number of phenolic OH excluding ortho intramolecular Hbond substituents is 1. The summed E-state index contributed by atoms with van der Waals surface area (Å²) in [4.78, 5) is 12.0. The molecule has 0 unspecified atom stereocenters. The van der Waals surface area contributed by atoms with Crippen molar-refractivity contribution in [3.8, 4) is 11.5 Å². The molecule has 5 heteroatoms. The fraction of sp³-hybridized carbons (Fsp3) is 0.417. The smallest absolute Gasteiger partial charge is 0.277 e. The molecule has 0 aliphatic rings. The van der Waals surface area contributed by atoms with E-state index in [4.69, 9.17) is 4.74 Å². The predicted octanol–water partition coefficient (Wildman–Crippen LogP) is 4.82. The van der Waals surface area contributed by atoms with E-state index in [1.807, 2.05) is 43.3 Å². The first-order valence-corrected chi connectivity index (χ1v) is 9.77. The van der Waals surface area contributed by atoms with Gasteiger partial charge in [0.05, 0.1) is 6.21 Å². The van der Waals surface area contributed by atoms with E-state index in [0.29, 0.717) is 11.5 Å². The van der Waals surface area contributed by atoms with Crippen LogP contribution in [0.5, 0.6) is 11.5 Å². The largest absolute Gasteiger partial charge is 0.507 e. The van der Waals surface area contributed by atoms with E-state index in [1.165, 1.54) is 0 Å². The third-order valence-corrected chi connectivity index (χ3v) is 4.54. The Bertz CT molecular complexity index is 851. The number of ether oxygens (including phenoxy) is 1. The summed E-state index contributed by atoms with van der Waals surface area (Å²) in [5, 5.41) is 14.8. The number of phenols is 1. The lowest BCUT2D eigenvalue weighted by atomic mass is 9.78. The quantitative estimate of drug-likeness (QED) is 0.562. The van der Waals surface area contributed by atoms with E-state index in [2.05, 4.69) is 52.1 Å². The Morgan fingerprint density at radius 2 is 1.55 bits per heavy atom. The second kappa shape index (κ2) is 8.68. The van der Waals surface area contributed by atoms with Gasteiger partial charge in [-0.25, -0.2) is 5.43 Å². The van der Waals surface area contributed by atoms with Crippen LogP contribution in [0.15, 0.2) is 41.5 Å². The number of hydrogen-bond acceptors (Lipinski definition) is 4. The molecule has 0 atom stereocenters. The number of benzene rings is 2. The van der Waals surface area contributed by atoms with E-state index < -0.39 is 0 Å². The van der Waals surface area contributed by atoms with Gasteiger partial charge in [-0.3, -0.25) is 4.79 Å². The number of nitrogens with one attached hydrogen (secondary N) is 1. The lowest BCUT2D eigenvalue weighted by molar-refractivity contribution is -0.123. The molecule has 0 heterocycles. The van der Waals surface area contributed by atoms with Crippen LogP contribution in [-0.2, 0) is 15.6 Å². The van der Waals surface area contributed by atoms with Crippen LogP contribution in [-0.4, -0.2) is 23.8 Å². The summed E-state index contributed by atoms with van der Waals surface area (Å²) in [6, 6.07) is 11.3. The fourth-order valence-corrected chi connectivity index (χ4v) is 2.87. The predicted molar refractivity (Wildman–Crippen MR) is 118 cm³/mol. The molecule has 2 rings (SSSR count). The second-order valence-electron chi connectivity index (χ2n) is 9.36. The SMILES string of the molecule is Cc1ccc(OCC(=O)NN=Cc2cc(C(C)(C)C)c(O)c(C(C)(C)C)c2)cc1. The third kappa shape index (κ3) is 6.34. The molecule has 156 valence electrons. The van der Waals surface area contributed by atoms with Crippen LogP contribution in [0, 0.1) is 6.92 Å². The second-order valence-corrected chi connectivity index (χ2v) is 9.36. The van der Waals surface area contributed by atoms with Gasteiger partial charge in [-0.1, -0.05) is 59.2 Å². The molecular formula is C24H32N2O3. The number of carbonyl (C=O) groups is 1. The number of aryl methyl sites for hydroxylation is 1. The highest BCUT2D eigenvalue weighted by Crippen LogP contribution is 2.39. The van der Waals surface area contributed by atoms with Crippen molar-refractivity contribution in [2.24, 2.45) is 5.10 Å². The minimum atomic E-state index is -0.340. The van der Waals surface area contributed by atoms with Crippen LogP contribution in [0.25, 0.3) is 0 Å². The molecule has 0 radical (unpaired) electrons. The van der Waals surface area contributed by atoms with Gasteiger partial charge in [-0.15, -0.1) is 0 Å². The molecule has 0 bridgehead atoms. The zero-order valence-corrected chi connectivity index (χ0v) is 18.5. The molecule has 5 nitrogen and oxygen atoms in total. The summed E-state index contributed by atoms with van der Waals surface area (Å²) < 4.78 is 5.45. The molecule has 2 aromatic carbocycles. The van der Waals surface area contributed by atoms with Crippen molar-refractivity contribution in [1.82, 2.24) is 5.43 Å². The summed E-state index contributed by atoms with van der Waals surface area (Å²) in [5.74, 6) is 0.614. The molecule has 0 saturated carbocycles. The van der Waals surface area contributed by atoms with Crippen molar-refractivity contribution in [2.75, 3.05) is 6.61 Å². The summed E-state index contributed by atoms with van der Waals surface area (Å²) in [7, 11) is 0. The molecule has 2 N–H and O–H groups in total. The van der Waals surface area contributed by atoms with Crippen LogP contribution in [0.4, 0.5) is 0 Å². The number of hydrogen-bond donors (Lipinski definition) is 2. The first kappa shape index (κ1) is 22.5. The van der Waals surface area contributed by atoms with Crippen LogP contribution in [0.1, 0.15) is 63.8 Å². The minimum Gasteiger partial charge on any atom is -0.507 e. The number of nitrogens with zero attached hydrogens (tertiary/aromatic N) is 1. The van der Waals surface area contributed by atoms with Crippen LogP contribution < -0.4 is 10.2 Å². The molecule has 0 fully saturated rings. The zero-order valence-electron chi connectivity index (χ0n) is 18.5. The minimum absolute atomic E-state index is 0.115. The van der Waals surface area contributed by atoms with Gasteiger partial charge in [-0.05, 0) is 47.6 Å². The van der Waals surface area contributed by atoms with Gasteiger partial charge in [0.1, 0.15) is 11.5 Å². The van der Waals surface area contributed by atoms with Crippen molar-refractivity contribution in [2.45, 2.75) is 59.3 Å². The molecule has 0 aliphatic heterocycles. The Morgan fingerprint density at radius 1 is 1.03 bits per heavy atom. The van der Waals surface area contributed by atoms with Crippen molar-refractivity contribution < 1.29 is 14.6 Å². The Hall–Kier alpha value is -2.82. The van der Waals surface area contributed by atoms with Crippen LogP contribution >= 0.6 is 0 Å². The van der Waals surface area contributed by atoms with Gasteiger partial charge in [0.2, 0.25) is 0 Å². The van der Waals surface area contributed by atoms with Gasteiger partial charge in [0.15, 0.2) is 6.61 Å². The maximum Gasteiger partial charge on any atom is 0.277 e. The van der Waals surface area contributed by atoms with E-state index in [-0.39, 0.29) is 23.3 Å². The zero-order chi connectivity index (χ0) is 21.8. The van der Waals surface area contributed by atoms with E-state index in [0.717, 1.165) is 22.3 Å². The highest BCUT2D eigenvalue weighted by atomic mass is 16.5. The topological polar surface area (TPSA) is 70.9 Å². The lowest BCUT2D eigenvalue weighted by Crippen LogP contribution is -2.24. The average molecular weight is 397 g/mol. The van der Waals surface area contributed by atoms with Crippen molar-refractivity contribution in [1.29, 1.82) is 0 Å². The molecule has 0 saturated heterocycles. The highest BCUT2D eigenvalue weighted by Gasteiger charge is 2.26. The number of rotatable bonds is 5. The van der Waals surface area contributed by atoms with Crippen LogP contribution in [0.3, 0.4) is 0 Å². The molecule has 0 spiro atoms. The first-order chi connectivity index (χ1) is 13.4. The maximum absolute atomic E-state index is 12.0. The Balaban J connectivity index is 2.11. The van der Waals surface area contributed by atoms with Gasteiger partial charge in [0, 0.05) is 11.1 Å². The number of amides is 1. The molecule has 2 aromatic rings. The van der Waals surface area contributed by atoms with Crippen molar-refractivity contribution in [3.63, 3.8) is 0 Å². The van der Waals surface area contributed by atoms with Gasteiger partial charge in [-0.2, -0.15) is 5.10 Å². The number of aromatic hydroxyl groups is 1. The monoisotopic (exact) mass is 396 g/mol. The Morgan fingerprint density at radius 3 is 2.03 bits per heavy atom. The summed E-state index contributed by atoms with van der Waals surface area (Å²) >= 11 is 0. The van der Waals surface area contributed by atoms with E-state index in [1.54, 1.807) is 6.21 Å². The van der Waals surface area contributed by atoms with Gasteiger partial charge < -0.3 is 9.84 Å². The van der Waals surface area contributed by atoms with Crippen molar-refractivity contribution >= 4 is 12.1 Å². The molecule has 0 aromatic heterocycles. The maximum atomic E-state index is 12.0. The normalized spacial score (nSPS) is 12.2. The van der Waals surface area contributed by atoms with Gasteiger partial charge in [0.25, 0.3) is 5.91 Å². The first-order valence-electron chi connectivity index (χ1n) is 9.77.